The summed E-state index contributed by atoms with van der Waals surface area (Å²) < 4.78 is 36.7. The number of benzene rings is 2. The first-order valence-corrected chi connectivity index (χ1v) is 10.5. The SMILES string of the molecule is CN(CC(=O)O)S(=O)(=O)c1ccc(C(=O)/C=C/c2cc3c(cc2Br)OCO3)cc1. The van der Waals surface area contributed by atoms with E-state index in [0.29, 0.717) is 11.5 Å². The van der Waals surface area contributed by atoms with Crippen molar-refractivity contribution in [2.24, 2.45) is 0 Å². The summed E-state index contributed by atoms with van der Waals surface area (Å²) in [5.41, 5.74) is 1.01. The van der Waals surface area contributed by atoms with Gasteiger partial charge in [0.25, 0.3) is 0 Å². The Morgan fingerprint density at radius 2 is 1.79 bits per heavy atom. The zero-order valence-electron chi connectivity index (χ0n) is 15.2. The number of aliphatic carboxylic acids is 1. The summed E-state index contributed by atoms with van der Waals surface area (Å²) in [6.45, 7) is -0.513. The van der Waals surface area contributed by atoms with Gasteiger partial charge in [0.1, 0.15) is 6.54 Å². The maximum Gasteiger partial charge on any atom is 0.318 e. The summed E-state index contributed by atoms with van der Waals surface area (Å²) in [4.78, 5) is 23.0. The molecular weight excluding hydrogens is 466 g/mol. The van der Waals surface area contributed by atoms with Gasteiger partial charge < -0.3 is 14.6 Å². The molecular formula is C19H16BrNO7S. The summed E-state index contributed by atoms with van der Waals surface area (Å²) in [6, 6.07) is 8.78. The van der Waals surface area contributed by atoms with Gasteiger partial charge in [-0.2, -0.15) is 4.31 Å². The van der Waals surface area contributed by atoms with Gasteiger partial charge in [-0.3, -0.25) is 9.59 Å². The smallest absolute Gasteiger partial charge is 0.318 e. The van der Waals surface area contributed by atoms with Crippen LogP contribution in [0.3, 0.4) is 0 Å². The van der Waals surface area contributed by atoms with E-state index in [0.717, 1.165) is 14.3 Å². The van der Waals surface area contributed by atoms with Crippen LogP contribution in [0, 0.1) is 0 Å². The lowest BCUT2D eigenvalue weighted by atomic mass is 10.1. The first kappa shape index (κ1) is 21.0. The molecule has 0 aromatic heterocycles. The number of halogens is 1. The summed E-state index contributed by atoms with van der Waals surface area (Å²) >= 11 is 3.41. The minimum Gasteiger partial charge on any atom is -0.480 e. The van der Waals surface area contributed by atoms with Gasteiger partial charge in [-0.25, -0.2) is 8.42 Å². The van der Waals surface area contributed by atoms with Crippen molar-refractivity contribution in [2.45, 2.75) is 4.90 Å². The lowest BCUT2D eigenvalue weighted by Gasteiger charge is -2.14. The van der Waals surface area contributed by atoms with Crippen LogP contribution >= 0.6 is 15.9 Å². The molecule has 8 nitrogen and oxygen atoms in total. The number of hydrogen-bond acceptors (Lipinski definition) is 6. The second-order valence-electron chi connectivity index (χ2n) is 6.10. The van der Waals surface area contributed by atoms with Crippen LogP contribution in [0.25, 0.3) is 6.08 Å². The van der Waals surface area contributed by atoms with E-state index in [2.05, 4.69) is 15.9 Å². The number of fused-ring (bicyclic) bond motifs is 1. The predicted octanol–water partition coefficient (Wildman–Crippen LogP) is 2.78. The van der Waals surface area contributed by atoms with Crippen molar-refractivity contribution in [2.75, 3.05) is 20.4 Å². The maximum absolute atomic E-state index is 12.4. The molecule has 2 aromatic carbocycles. The van der Waals surface area contributed by atoms with Gasteiger partial charge in [-0.15, -0.1) is 0 Å². The molecule has 1 heterocycles. The Morgan fingerprint density at radius 3 is 2.41 bits per heavy atom. The Bertz CT molecular complexity index is 1090. The molecule has 152 valence electrons. The summed E-state index contributed by atoms with van der Waals surface area (Å²) in [7, 11) is -2.78. The number of hydrogen-bond donors (Lipinski definition) is 1. The molecule has 1 N–H and O–H groups in total. The maximum atomic E-state index is 12.4. The number of likely N-dealkylation sites (N-methyl/N-ethyl adjacent to an activating group) is 1. The fourth-order valence-corrected chi connectivity index (χ4v) is 4.14. The first-order valence-electron chi connectivity index (χ1n) is 8.28. The van der Waals surface area contributed by atoms with Crippen LogP contribution in [-0.4, -0.2) is 50.0 Å². The summed E-state index contributed by atoms with van der Waals surface area (Å²) in [6.07, 6.45) is 2.97. The highest BCUT2D eigenvalue weighted by molar-refractivity contribution is 9.10. The molecule has 0 radical (unpaired) electrons. The minimum absolute atomic E-state index is 0.0969. The number of carboxylic acid groups (broad SMARTS) is 1. The van der Waals surface area contributed by atoms with Crippen molar-refractivity contribution < 1.29 is 32.6 Å². The highest BCUT2D eigenvalue weighted by Gasteiger charge is 2.23. The molecule has 1 aliphatic heterocycles. The van der Waals surface area contributed by atoms with Gasteiger partial charge in [-0.05, 0) is 54.1 Å². The zero-order valence-corrected chi connectivity index (χ0v) is 17.6. The molecule has 0 amide bonds. The third-order valence-corrected chi connectivity index (χ3v) is 6.62. The highest BCUT2D eigenvalue weighted by Crippen LogP contribution is 2.37. The Kier molecular flexibility index (Phi) is 6.06. The van der Waals surface area contributed by atoms with E-state index in [1.807, 2.05) is 0 Å². The Labute approximate surface area is 175 Å². The molecule has 0 atom stereocenters. The van der Waals surface area contributed by atoms with Crippen molar-refractivity contribution in [1.82, 2.24) is 4.31 Å². The normalized spacial score (nSPS) is 13.2. The van der Waals surface area contributed by atoms with Gasteiger partial charge in [0.05, 0.1) is 4.90 Å². The Hall–Kier alpha value is -2.69. The number of ether oxygens (including phenoxy) is 2. The van der Waals surface area contributed by atoms with Crippen LogP contribution in [-0.2, 0) is 14.8 Å². The van der Waals surface area contributed by atoms with Crippen molar-refractivity contribution >= 4 is 43.8 Å². The van der Waals surface area contributed by atoms with E-state index in [4.69, 9.17) is 14.6 Å². The van der Waals surface area contributed by atoms with E-state index in [9.17, 15) is 18.0 Å². The lowest BCUT2D eigenvalue weighted by Crippen LogP contribution is -2.32. The number of carbonyl (C=O) groups is 2. The number of ketones is 1. The van der Waals surface area contributed by atoms with Crippen LogP contribution in [0.4, 0.5) is 0 Å². The van der Waals surface area contributed by atoms with Crippen molar-refractivity contribution in [1.29, 1.82) is 0 Å². The van der Waals surface area contributed by atoms with Crippen LogP contribution < -0.4 is 9.47 Å². The van der Waals surface area contributed by atoms with Crippen molar-refractivity contribution in [3.05, 3.63) is 58.1 Å². The molecule has 0 unspecified atom stereocenters. The summed E-state index contributed by atoms with van der Waals surface area (Å²) in [5, 5.41) is 8.76. The predicted molar refractivity (Wildman–Crippen MR) is 108 cm³/mol. The average molecular weight is 482 g/mol. The standard InChI is InChI=1S/C19H16BrNO7S/c1-21(10-19(23)24)29(25,26)14-5-2-12(3-6-14)16(22)7-4-13-8-17-18(9-15(13)20)28-11-27-17/h2-9H,10-11H2,1H3,(H,23,24)/b7-4+. The van der Waals surface area contributed by atoms with Crippen LogP contribution in [0.5, 0.6) is 11.5 Å². The number of sulfonamides is 1. The Balaban J connectivity index is 1.76. The van der Waals surface area contributed by atoms with Crippen molar-refractivity contribution in [3.63, 3.8) is 0 Å². The fraction of sp³-hybridized carbons (Fsp3) is 0.158. The molecule has 10 heteroatoms. The van der Waals surface area contributed by atoms with E-state index >= 15 is 0 Å². The quantitative estimate of drug-likeness (QED) is 0.478. The van der Waals surface area contributed by atoms with Crippen molar-refractivity contribution in [3.8, 4) is 11.5 Å². The number of allylic oxidation sites excluding steroid dienone is 1. The highest BCUT2D eigenvalue weighted by atomic mass is 79.9. The number of carbonyl (C=O) groups excluding carboxylic acids is 1. The first-order chi connectivity index (χ1) is 13.7. The zero-order chi connectivity index (χ0) is 21.2. The van der Waals surface area contributed by atoms with Gasteiger partial charge in [0.2, 0.25) is 16.8 Å². The van der Waals surface area contributed by atoms with Gasteiger partial charge in [0.15, 0.2) is 17.3 Å². The molecule has 0 saturated heterocycles. The van der Waals surface area contributed by atoms with Crippen LogP contribution in [0.2, 0.25) is 0 Å². The van der Waals surface area contributed by atoms with Gasteiger partial charge >= 0.3 is 5.97 Å². The van der Waals surface area contributed by atoms with E-state index < -0.39 is 22.5 Å². The third kappa shape index (κ3) is 4.66. The lowest BCUT2D eigenvalue weighted by molar-refractivity contribution is -0.137. The summed E-state index contributed by atoms with van der Waals surface area (Å²) in [5.74, 6) is -0.384. The monoisotopic (exact) mass is 481 g/mol. The number of rotatable bonds is 7. The van der Waals surface area contributed by atoms with Gasteiger partial charge in [0, 0.05) is 17.1 Å². The molecule has 0 aliphatic carbocycles. The second-order valence-corrected chi connectivity index (χ2v) is 9.00. The van der Waals surface area contributed by atoms with Crippen LogP contribution in [0.15, 0.2) is 51.8 Å². The van der Waals surface area contributed by atoms with Gasteiger partial charge in [-0.1, -0.05) is 15.9 Å². The van der Waals surface area contributed by atoms with E-state index in [1.54, 1.807) is 18.2 Å². The Morgan fingerprint density at radius 1 is 1.17 bits per heavy atom. The topological polar surface area (TPSA) is 110 Å². The van der Waals surface area contributed by atoms with E-state index in [-0.39, 0.29) is 23.0 Å². The molecule has 2 aromatic rings. The number of carboxylic acids is 1. The fourth-order valence-electron chi connectivity index (χ4n) is 2.57. The molecule has 0 bridgehead atoms. The number of nitrogens with zero attached hydrogens (tertiary/aromatic N) is 1. The molecule has 1 aliphatic rings. The minimum atomic E-state index is -3.95. The van der Waals surface area contributed by atoms with Crippen LogP contribution in [0.1, 0.15) is 15.9 Å². The average Bonchev–Trinajstić information content (AvgIpc) is 3.12. The molecule has 0 spiro atoms. The molecule has 0 saturated carbocycles. The third-order valence-electron chi connectivity index (χ3n) is 4.11. The van der Waals surface area contributed by atoms with E-state index in [1.165, 1.54) is 37.4 Å². The largest absolute Gasteiger partial charge is 0.480 e. The molecule has 3 rings (SSSR count). The second kappa shape index (κ2) is 8.36. The molecule has 29 heavy (non-hydrogen) atoms. The molecule has 0 fully saturated rings.